The summed E-state index contributed by atoms with van der Waals surface area (Å²) in [6, 6.07) is -0.821. The molecule has 110 valence electrons. The van der Waals surface area contributed by atoms with Crippen molar-refractivity contribution in [1.82, 2.24) is 5.32 Å². The Morgan fingerprint density at radius 1 is 1.42 bits per heavy atom. The second-order valence-corrected chi connectivity index (χ2v) is 5.10. The van der Waals surface area contributed by atoms with E-state index < -0.39 is 17.4 Å². The third-order valence-corrected chi connectivity index (χ3v) is 3.77. The number of ether oxygens (including phenoxy) is 1. The lowest BCUT2D eigenvalue weighted by atomic mass is 9.79. The van der Waals surface area contributed by atoms with Gasteiger partial charge in [0.05, 0.1) is 5.41 Å². The summed E-state index contributed by atoms with van der Waals surface area (Å²) in [7, 11) is 0. The lowest BCUT2D eigenvalue weighted by molar-refractivity contribution is -0.145. The van der Waals surface area contributed by atoms with Crippen LogP contribution in [0.25, 0.3) is 0 Å². The highest BCUT2D eigenvalue weighted by Gasteiger charge is 2.40. The lowest BCUT2D eigenvalue weighted by Gasteiger charge is -2.35. The summed E-state index contributed by atoms with van der Waals surface area (Å²) in [5.41, 5.74) is 5.06. The highest BCUT2D eigenvalue weighted by molar-refractivity contribution is 5.87. The van der Waals surface area contributed by atoms with Crippen LogP contribution in [0.2, 0.25) is 0 Å². The molecule has 19 heavy (non-hydrogen) atoms. The molecule has 1 fully saturated rings. The van der Waals surface area contributed by atoms with Crippen LogP contribution in [0, 0.1) is 5.41 Å². The number of unbranched alkanes of at least 4 members (excludes halogenated alkanes) is 1. The fraction of sp³-hybridized carbons (Fsp3) is 0.846. The van der Waals surface area contributed by atoms with E-state index in [1.807, 2.05) is 6.92 Å². The molecule has 0 bridgehead atoms. The van der Waals surface area contributed by atoms with Crippen LogP contribution in [0.5, 0.6) is 0 Å². The van der Waals surface area contributed by atoms with Gasteiger partial charge < -0.3 is 20.9 Å². The van der Waals surface area contributed by atoms with Crippen molar-refractivity contribution in [2.45, 2.75) is 45.1 Å². The van der Waals surface area contributed by atoms with Crippen molar-refractivity contribution in [3.63, 3.8) is 0 Å². The smallest absolute Gasteiger partial charge is 0.326 e. The number of rotatable bonds is 7. The van der Waals surface area contributed by atoms with Crippen LogP contribution in [-0.2, 0) is 14.3 Å². The van der Waals surface area contributed by atoms with E-state index in [2.05, 4.69) is 5.32 Å². The molecular weight excluding hydrogens is 248 g/mol. The monoisotopic (exact) mass is 272 g/mol. The van der Waals surface area contributed by atoms with Gasteiger partial charge in [-0.25, -0.2) is 4.79 Å². The normalized spacial score (nSPS) is 19.7. The molecule has 4 N–H and O–H groups in total. The number of carbonyl (C=O) groups is 2. The molecule has 0 aliphatic carbocycles. The number of nitrogens with two attached hydrogens (primary N) is 1. The Morgan fingerprint density at radius 3 is 2.53 bits per heavy atom. The minimum absolute atomic E-state index is 0.225. The topological polar surface area (TPSA) is 102 Å². The number of aliphatic carboxylic acids is 1. The van der Waals surface area contributed by atoms with Gasteiger partial charge in [-0.15, -0.1) is 0 Å². The van der Waals surface area contributed by atoms with Crippen LogP contribution < -0.4 is 11.1 Å². The second kappa shape index (κ2) is 7.45. The molecule has 0 aromatic heterocycles. The van der Waals surface area contributed by atoms with Crippen molar-refractivity contribution in [3.8, 4) is 0 Å². The summed E-state index contributed by atoms with van der Waals surface area (Å²) in [4.78, 5) is 23.5. The van der Waals surface area contributed by atoms with E-state index in [0.717, 1.165) is 12.8 Å². The number of nitrogens with one attached hydrogen (secondary N) is 1. The van der Waals surface area contributed by atoms with Gasteiger partial charge in [0.1, 0.15) is 6.04 Å². The molecular formula is C13H24N2O4. The van der Waals surface area contributed by atoms with Crippen molar-refractivity contribution >= 4 is 11.9 Å². The van der Waals surface area contributed by atoms with Gasteiger partial charge in [0.25, 0.3) is 0 Å². The SMILES string of the molecule is CCCCC(NC(=O)C1(CN)CCOCC1)C(=O)O. The van der Waals surface area contributed by atoms with E-state index in [0.29, 0.717) is 32.5 Å². The molecule has 0 saturated carbocycles. The molecule has 1 atom stereocenters. The standard InChI is InChI=1S/C13H24N2O4/c1-2-3-4-10(11(16)17)15-12(18)13(9-14)5-7-19-8-6-13/h10H,2-9,14H2,1H3,(H,15,18)(H,16,17). The zero-order valence-electron chi connectivity index (χ0n) is 11.5. The molecule has 0 aromatic carbocycles. The number of amides is 1. The third-order valence-electron chi connectivity index (χ3n) is 3.77. The highest BCUT2D eigenvalue weighted by Crippen LogP contribution is 2.29. The maximum atomic E-state index is 12.3. The molecule has 1 saturated heterocycles. The maximum Gasteiger partial charge on any atom is 0.326 e. The molecule has 0 aromatic rings. The number of hydrogen-bond donors (Lipinski definition) is 3. The Morgan fingerprint density at radius 2 is 2.05 bits per heavy atom. The summed E-state index contributed by atoms with van der Waals surface area (Å²) in [6.45, 7) is 3.21. The molecule has 0 radical (unpaired) electrons. The van der Waals surface area contributed by atoms with Crippen LogP contribution in [0.3, 0.4) is 0 Å². The minimum Gasteiger partial charge on any atom is -0.480 e. The van der Waals surface area contributed by atoms with E-state index in [1.54, 1.807) is 0 Å². The number of carboxylic acids is 1. The largest absolute Gasteiger partial charge is 0.480 e. The number of hydrogen-bond acceptors (Lipinski definition) is 4. The average Bonchev–Trinajstić information content (AvgIpc) is 2.43. The van der Waals surface area contributed by atoms with Crippen LogP contribution >= 0.6 is 0 Å². The fourth-order valence-electron chi connectivity index (χ4n) is 2.26. The van der Waals surface area contributed by atoms with Gasteiger partial charge >= 0.3 is 5.97 Å². The number of carboxylic acid groups (broad SMARTS) is 1. The first-order valence-electron chi connectivity index (χ1n) is 6.87. The Bertz CT molecular complexity index is 314. The average molecular weight is 272 g/mol. The van der Waals surface area contributed by atoms with E-state index in [1.165, 1.54) is 0 Å². The molecule has 1 aliphatic heterocycles. The summed E-state index contributed by atoms with van der Waals surface area (Å²) in [5, 5.41) is 11.8. The van der Waals surface area contributed by atoms with Crippen LogP contribution in [-0.4, -0.2) is 42.8 Å². The molecule has 6 nitrogen and oxygen atoms in total. The van der Waals surface area contributed by atoms with Gasteiger partial charge in [-0.1, -0.05) is 19.8 Å². The van der Waals surface area contributed by atoms with E-state index in [-0.39, 0.29) is 12.5 Å². The summed E-state index contributed by atoms with van der Waals surface area (Å²) < 4.78 is 5.24. The molecule has 1 aliphatic rings. The van der Waals surface area contributed by atoms with Gasteiger partial charge in [0.2, 0.25) is 5.91 Å². The second-order valence-electron chi connectivity index (χ2n) is 5.10. The Kier molecular flexibility index (Phi) is 6.24. The molecule has 1 amide bonds. The molecule has 1 rings (SSSR count). The molecule has 1 heterocycles. The Hall–Kier alpha value is -1.14. The third kappa shape index (κ3) is 4.18. The summed E-state index contributed by atoms with van der Waals surface area (Å²) >= 11 is 0. The molecule has 6 heteroatoms. The zero-order valence-corrected chi connectivity index (χ0v) is 11.5. The van der Waals surface area contributed by atoms with Crippen LogP contribution in [0.1, 0.15) is 39.0 Å². The van der Waals surface area contributed by atoms with Crippen molar-refractivity contribution in [2.24, 2.45) is 11.1 Å². The summed E-state index contributed by atoms with van der Waals surface area (Å²) in [5.74, 6) is -1.23. The van der Waals surface area contributed by atoms with Gasteiger partial charge in [-0.3, -0.25) is 4.79 Å². The van der Waals surface area contributed by atoms with Crippen molar-refractivity contribution in [1.29, 1.82) is 0 Å². The Labute approximate surface area is 113 Å². The van der Waals surface area contributed by atoms with E-state index >= 15 is 0 Å². The van der Waals surface area contributed by atoms with Crippen LogP contribution in [0.4, 0.5) is 0 Å². The minimum atomic E-state index is -0.985. The maximum absolute atomic E-state index is 12.3. The molecule has 1 unspecified atom stereocenters. The first-order valence-corrected chi connectivity index (χ1v) is 6.87. The van der Waals surface area contributed by atoms with E-state index in [9.17, 15) is 9.59 Å². The predicted molar refractivity (Wildman–Crippen MR) is 70.6 cm³/mol. The quantitative estimate of drug-likeness (QED) is 0.626. The van der Waals surface area contributed by atoms with Crippen molar-refractivity contribution in [2.75, 3.05) is 19.8 Å². The van der Waals surface area contributed by atoms with Crippen LogP contribution in [0.15, 0.2) is 0 Å². The lowest BCUT2D eigenvalue weighted by Crippen LogP contribution is -2.53. The first-order chi connectivity index (χ1) is 9.05. The first kappa shape index (κ1) is 15.9. The highest BCUT2D eigenvalue weighted by atomic mass is 16.5. The van der Waals surface area contributed by atoms with Gasteiger partial charge in [-0.2, -0.15) is 0 Å². The fourth-order valence-corrected chi connectivity index (χ4v) is 2.26. The van der Waals surface area contributed by atoms with Crippen molar-refractivity contribution < 1.29 is 19.4 Å². The van der Waals surface area contributed by atoms with E-state index in [4.69, 9.17) is 15.6 Å². The van der Waals surface area contributed by atoms with Gasteiger partial charge in [-0.05, 0) is 19.3 Å². The van der Waals surface area contributed by atoms with Crippen molar-refractivity contribution in [3.05, 3.63) is 0 Å². The zero-order chi connectivity index (χ0) is 14.3. The van der Waals surface area contributed by atoms with Gasteiger partial charge in [0.15, 0.2) is 0 Å². The summed E-state index contributed by atoms with van der Waals surface area (Å²) in [6.07, 6.45) is 3.23. The predicted octanol–water partition coefficient (Wildman–Crippen LogP) is 0.502. The van der Waals surface area contributed by atoms with Gasteiger partial charge in [0, 0.05) is 19.8 Å². The number of carbonyl (C=O) groups excluding carboxylic acids is 1. The Balaban J connectivity index is 2.65. The molecule has 0 spiro atoms.